The average molecular weight is 303 g/mol. The molecule has 4 rings (SSSR count). The third-order valence-corrected chi connectivity index (χ3v) is 5.03. The van der Waals surface area contributed by atoms with Gasteiger partial charge in [0.25, 0.3) is 0 Å². The molecular formula is C17H16ClFN2. The molecule has 0 radical (unpaired) electrons. The van der Waals surface area contributed by atoms with Gasteiger partial charge in [-0.15, -0.1) is 0 Å². The summed E-state index contributed by atoms with van der Waals surface area (Å²) in [5.41, 5.74) is 2.81. The van der Waals surface area contributed by atoms with Crippen molar-refractivity contribution in [3.05, 3.63) is 53.1 Å². The molecule has 2 saturated heterocycles. The van der Waals surface area contributed by atoms with Crippen LogP contribution < -0.4 is 5.32 Å². The smallest absolute Gasteiger partial charge is 0.136 e. The molecule has 1 aromatic carbocycles. The minimum atomic E-state index is -0.254. The molecule has 2 bridgehead atoms. The van der Waals surface area contributed by atoms with E-state index < -0.39 is 0 Å². The third-order valence-electron chi connectivity index (χ3n) is 4.72. The van der Waals surface area contributed by atoms with Crippen LogP contribution in [0.2, 0.25) is 5.15 Å². The first-order valence-corrected chi connectivity index (χ1v) is 7.76. The van der Waals surface area contributed by atoms with Crippen LogP contribution >= 0.6 is 11.6 Å². The number of nitrogens with zero attached hydrogens (tertiary/aromatic N) is 1. The van der Waals surface area contributed by atoms with Crippen molar-refractivity contribution in [3.8, 4) is 11.1 Å². The molecule has 108 valence electrons. The highest BCUT2D eigenvalue weighted by atomic mass is 35.5. The van der Waals surface area contributed by atoms with Gasteiger partial charge in [0.15, 0.2) is 0 Å². The lowest BCUT2D eigenvalue weighted by Gasteiger charge is -2.21. The molecule has 3 atom stereocenters. The molecule has 4 heteroatoms. The molecule has 2 aliphatic heterocycles. The van der Waals surface area contributed by atoms with Crippen molar-refractivity contribution < 1.29 is 4.39 Å². The Kier molecular flexibility index (Phi) is 3.20. The van der Waals surface area contributed by atoms with Crippen LogP contribution in [0.5, 0.6) is 0 Å². The molecule has 0 spiro atoms. The molecule has 2 aliphatic rings. The van der Waals surface area contributed by atoms with E-state index in [0.29, 0.717) is 23.2 Å². The van der Waals surface area contributed by atoms with Crippen molar-refractivity contribution in [2.24, 2.45) is 0 Å². The molecule has 3 heterocycles. The Morgan fingerprint density at radius 3 is 2.86 bits per heavy atom. The quantitative estimate of drug-likeness (QED) is 0.843. The lowest BCUT2D eigenvalue weighted by molar-refractivity contribution is 0.505. The Balaban J connectivity index is 1.73. The fourth-order valence-corrected chi connectivity index (χ4v) is 3.93. The van der Waals surface area contributed by atoms with E-state index >= 15 is 0 Å². The van der Waals surface area contributed by atoms with Gasteiger partial charge in [0.2, 0.25) is 0 Å². The largest absolute Gasteiger partial charge is 0.311 e. The maximum atomic E-state index is 13.4. The normalized spacial score (nSPS) is 27.2. The first kappa shape index (κ1) is 13.2. The van der Waals surface area contributed by atoms with Crippen LogP contribution in [0.3, 0.4) is 0 Å². The van der Waals surface area contributed by atoms with Crippen molar-refractivity contribution in [3.63, 3.8) is 0 Å². The number of halogens is 2. The van der Waals surface area contributed by atoms with Gasteiger partial charge in [0.05, 0.1) is 0 Å². The number of rotatable bonds is 2. The van der Waals surface area contributed by atoms with Crippen LogP contribution in [0.25, 0.3) is 11.1 Å². The van der Waals surface area contributed by atoms with E-state index in [1.54, 1.807) is 6.07 Å². The second kappa shape index (κ2) is 5.08. The first-order valence-electron chi connectivity index (χ1n) is 7.38. The SMILES string of the molecule is Fc1cccc(-c2cc(C3CC4CCC3N4)cnc2Cl)c1. The fourth-order valence-electron chi connectivity index (χ4n) is 3.72. The minimum absolute atomic E-state index is 0.254. The Hall–Kier alpha value is -1.45. The first-order chi connectivity index (χ1) is 10.2. The molecule has 2 fully saturated rings. The highest BCUT2D eigenvalue weighted by Gasteiger charge is 2.39. The van der Waals surface area contributed by atoms with Crippen LogP contribution in [-0.2, 0) is 0 Å². The molecule has 2 aromatic rings. The zero-order valence-electron chi connectivity index (χ0n) is 11.5. The van der Waals surface area contributed by atoms with Crippen molar-refractivity contribution in [2.75, 3.05) is 0 Å². The molecule has 3 unspecified atom stereocenters. The van der Waals surface area contributed by atoms with Gasteiger partial charge in [-0.1, -0.05) is 23.7 Å². The summed E-state index contributed by atoms with van der Waals surface area (Å²) >= 11 is 6.22. The molecule has 1 aromatic heterocycles. The van der Waals surface area contributed by atoms with E-state index in [2.05, 4.69) is 16.4 Å². The van der Waals surface area contributed by atoms with Gasteiger partial charge in [-0.05, 0) is 48.6 Å². The number of nitrogens with one attached hydrogen (secondary N) is 1. The topological polar surface area (TPSA) is 24.9 Å². The Morgan fingerprint density at radius 1 is 1.24 bits per heavy atom. The predicted octanol–water partition coefficient (Wildman–Crippen LogP) is 4.15. The molecule has 0 aliphatic carbocycles. The third kappa shape index (κ3) is 2.34. The summed E-state index contributed by atoms with van der Waals surface area (Å²) in [4.78, 5) is 4.33. The van der Waals surface area contributed by atoms with Crippen molar-refractivity contribution in [1.82, 2.24) is 10.3 Å². The second-order valence-corrected chi connectivity index (χ2v) is 6.37. The van der Waals surface area contributed by atoms with E-state index in [1.165, 1.54) is 30.5 Å². The van der Waals surface area contributed by atoms with Gasteiger partial charge < -0.3 is 5.32 Å². The van der Waals surface area contributed by atoms with Crippen LogP contribution in [0.15, 0.2) is 36.5 Å². The summed E-state index contributed by atoms with van der Waals surface area (Å²) in [5, 5.41) is 4.07. The van der Waals surface area contributed by atoms with E-state index in [-0.39, 0.29) is 5.82 Å². The summed E-state index contributed by atoms with van der Waals surface area (Å²) in [6.07, 6.45) is 5.54. The lowest BCUT2D eigenvalue weighted by Crippen LogP contribution is -2.21. The zero-order valence-corrected chi connectivity index (χ0v) is 12.3. The molecule has 21 heavy (non-hydrogen) atoms. The zero-order chi connectivity index (χ0) is 14.4. The van der Waals surface area contributed by atoms with Gasteiger partial charge in [-0.2, -0.15) is 0 Å². The van der Waals surface area contributed by atoms with E-state index in [0.717, 1.165) is 17.5 Å². The number of hydrogen-bond donors (Lipinski definition) is 1. The molecule has 2 nitrogen and oxygen atoms in total. The van der Waals surface area contributed by atoms with Crippen LogP contribution in [0, 0.1) is 5.82 Å². The lowest BCUT2D eigenvalue weighted by atomic mass is 9.84. The maximum Gasteiger partial charge on any atom is 0.136 e. The Labute approximate surface area is 128 Å². The molecular weight excluding hydrogens is 287 g/mol. The standard InChI is InChI=1S/C17H16ClFN2/c18-17-15(10-2-1-3-12(19)6-10)7-11(9-20-17)14-8-13-4-5-16(14)21-13/h1-3,6-7,9,13-14,16,21H,4-5,8H2. The summed E-state index contributed by atoms with van der Waals surface area (Å²) in [6, 6.07) is 9.80. The van der Waals surface area contributed by atoms with Crippen molar-refractivity contribution in [1.29, 1.82) is 0 Å². The molecule has 0 saturated carbocycles. The van der Waals surface area contributed by atoms with Gasteiger partial charge in [-0.25, -0.2) is 9.37 Å². The van der Waals surface area contributed by atoms with E-state index in [4.69, 9.17) is 11.6 Å². The molecule has 0 amide bonds. The Bertz CT molecular complexity index is 688. The van der Waals surface area contributed by atoms with Gasteiger partial charge in [0, 0.05) is 29.8 Å². The van der Waals surface area contributed by atoms with E-state index in [9.17, 15) is 4.39 Å². The van der Waals surface area contributed by atoms with Crippen molar-refractivity contribution >= 4 is 11.6 Å². The number of hydrogen-bond acceptors (Lipinski definition) is 2. The van der Waals surface area contributed by atoms with E-state index in [1.807, 2.05) is 12.3 Å². The van der Waals surface area contributed by atoms with Crippen LogP contribution in [0.4, 0.5) is 4.39 Å². The number of aromatic nitrogens is 1. The number of benzene rings is 1. The van der Waals surface area contributed by atoms with Crippen LogP contribution in [-0.4, -0.2) is 17.1 Å². The number of fused-ring (bicyclic) bond motifs is 2. The molecule has 1 N–H and O–H groups in total. The van der Waals surface area contributed by atoms with Crippen LogP contribution in [0.1, 0.15) is 30.7 Å². The Morgan fingerprint density at radius 2 is 2.14 bits per heavy atom. The fraction of sp³-hybridized carbons (Fsp3) is 0.353. The second-order valence-electron chi connectivity index (χ2n) is 6.01. The summed E-state index contributed by atoms with van der Waals surface area (Å²) in [6.45, 7) is 0. The summed E-state index contributed by atoms with van der Waals surface area (Å²) in [5.74, 6) is 0.247. The van der Waals surface area contributed by atoms with Gasteiger partial charge >= 0.3 is 0 Å². The minimum Gasteiger partial charge on any atom is -0.311 e. The highest BCUT2D eigenvalue weighted by molar-refractivity contribution is 6.32. The summed E-state index contributed by atoms with van der Waals surface area (Å²) in [7, 11) is 0. The van der Waals surface area contributed by atoms with Gasteiger partial charge in [-0.3, -0.25) is 0 Å². The highest BCUT2D eigenvalue weighted by Crippen LogP contribution is 2.41. The maximum absolute atomic E-state index is 13.4. The summed E-state index contributed by atoms with van der Waals surface area (Å²) < 4.78 is 13.4. The van der Waals surface area contributed by atoms with Crippen molar-refractivity contribution in [2.45, 2.75) is 37.3 Å². The average Bonchev–Trinajstić information content (AvgIpc) is 3.10. The number of pyridine rings is 1. The van der Waals surface area contributed by atoms with Gasteiger partial charge in [0.1, 0.15) is 11.0 Å². The predicted molar refractivity (Wildman–Crippen MR) is 81.9 cm³/mol. The monoisotopic (exact) mass is 302 g/mol.